The first-order valence-electron chi connectivity index (χ1n) is 6.91. The summed E-state index contributed by atoms with van der Waals surface area (Å²) in [5.41, 5.74) is 8.10. The molecular weight excluding hydrogens is 278 g/mol. The molecule has 3 aromatic rings. The number of carbonyl (C=O) groups is 1. The maximum Gasteiger partial charge on any atom is 0.258 e. The average Bonchev–Trinajstić information content (AvgIpc) is 2.48. The molecule has 2 aromatic carbocycles. The van der Waals surface area contributed by atoms with E-state index in [1.807, 2.05) is 31.2 Å². The summed E-state index contributed by atoms with van der Waals surface area (Å²) in [5, 5.41) is 0.578. The summed E-state index contributed by atoms with van der Waals surface area (Å²) < 4.78 is 0. The van der Waals surface area contributed by atoms with Gasteiger partial charge in [0.2, 0.25) is 5.91 Å². The Balaban J connectivity index is 2.01. The Bertz CT molecular complexity index is 929. The molecular formula is C17H15N3O2. The van der Waals surface area contributed by atoms with Crippen molar-refractivity contribution in [2.24, 2.45) is 5.73 Å². The van der Waals surface area contributed by atoms with Crippen LogP contribution >= 0.6 is 0 Å². The van der Waals surface area contributed by atoms with E-state index in [2.05, 4.69) is 9.97 Å². The minimum absolute atomic E-state index is 0.158. The zero-order chi connectivity index (χ0) is 15.7. The molecule has 1 amide bonds. The van der Waals surface area contributed by atoms with Crippen LogP contribution < -0.4 is 11.3 Å². The summed E-state index contributed by atoms with van der Waals surface area (Å²) in [4.78, 5) is 30.6. The molecule has 0 radical (unpaired) electrons. The lowest BCUT2D eigenvalue weighted by Crippen LogP contribution is -2.13. The molecule has 0 atom stereocenters. The number of fused-ring (bicyclic) bond motifs is 1. The number of nitrogens with zero attached hydrogens (tertiary/aromatic N) is 1. The molecule has 1 heterocycles. The smallest absolute Gasteiger partial charge is 0.258 e. The number of H-pyrrole nitrogens is 1. The van der Waals surface area contributed by atoms with Crippen LogP contribution in [0.15, 0.2) is 47.3 Å². The van der Waals surface area contributed by atoms with E-state index in [4.69, 9.17) is 5.73 Å². The Morgan fingerprint density at radius 2 is 2.05 bits per heavy atom. The third-order valence-corrected chi connectivity index (χ3v) is 3.49. The molecule has 5 nitrogen and oxygen atoms in total. The molecule has 0 saturated heterocycles. The summed E-state index contributed by atoms with van der Waals surface area (Å²) in [6, 6.07) is 12.6. The molecule has 3 N–H and O–H groups in total. The van der Waals surface area contributed by atoms with Crippen molar-refractivity contribution in [2.45, 2.75) is 13.3 Å². The standard InChI is InChI=1S/C17H15N3O2/c1-10-5-6-14-13(7-10)17(22)20-15(19-14)9-11-3-2-4-12(8-11)16(18)21/h2-8H,9H2,1H3,(H2,18,21)(H,19,20,22). The topological polar surface area (TPSA) is 88.8 Å². The Hall–Kier alpha value is -2.95. The lowest BCUT2D eigenvalue weighted by atomic mass is 10.1. The zero-order valence-corrected chi connectivity index (χ0v) is 12.1. The zero-order valence-electron chi connectivity index (χ0n) is 12.1. The monoisotopic (exact) mass is 293 g/mol. The quantitative estimate of drug-likeness (QED) is 0.773. The van der Waals surface area contributed by atoms with Gasteiger partial charge in [0, 0.05) is 12.0 Å². The number of nitrogens with two attached hydrogens (primary N) is 1. The lowest BCUT2D eigenvalue weighted by Gasteiger charge is -2.05. The number of nitrogens with one attached hydrogen (secondary N) is 1. The fourth-order valence-corrected chi connectivity index (χ4v) is 2.41. The van der Waals surface area contributed by atoms with E-state index >= 15 is 0 Å². The second-order valence-corrected chi connectivity index (χ2v) is 5.27. The van der Waals surface area contributed by atoms with Crippen molar-refractivity contribution in [3.8, 4) is 0 Å². The van der Waals surface area contributed by atoms with Crippen LogP contribution in [-0.4, -0.2) is 15.9 Å². The van der Waals surface area contributed by atoms with E-state index in [-0.39, 0.29) is 5.56 Å². The van der Waals surface area contributed by atoms with Gasteiger partial charge < -0.3 is 10.7 Å². The molecule has 0 unspecified atom stereocenters. The van der Waals surface area contributed by atoms with Crippen LogP contribution in [-0.2, 0) is 6.42 Å². The van der Waals surface area contributed by atoms with Gasteiger partial charge in [-0.3, -0.25) is 9.59 Å². The van der Waals surface area contributed by atoms with E-state index < -0.39 is 5.91 Å². The highest BCUT2D eigenvalue weighted by Crippen LogP contribution is 2.12. The maximum absolute atomic E-state index is 12.1. The first-order chi connectivity index (χ1) is 10.5. The van der Waals surface area contributed by atoms with Gasteiger partial charge >= 0.3 is 0 Å². The van der Waals surface area contributed by atoms with Gasteiger partial charge in [0.1, 0.15) is 5.82 Å². The van der Waals surface area contributed by atoms with E-state index in [1.54, 1.807) is 18.2 Å². The molecule has 3 rings (SSSR count). The third-order valence-electron chi connectivity index (χ3n) is 3.49. The van der Waals surface area contributed by atoms with Gasteiger partial charge in [-0.25, -0.2) is 4.98 Å². The van der Waals surface area contributed by atoms with Gasteiger partial charge in [-0.05, 0) is 36.8 Å². The number of benzene rings is 2. The second-order valence-electron chi connectivity index (χ2n) is 5.27. The summed E-state index contributed by atoms with van der Waals surface area (Å²) >= 11 is 0. The number of aromatic nitrogens is 2. The third kappa shape index (κ3) is 2.74. The average molecular weight is 293 g/mol. The van der Waals surface area contributed by atoms with Crippen molar-refractivity contribution in [3.63, 3.8) is 0 Å². The highest BCUT2D eigenvalue weighted by atomic mass is 16.1. The normalized spacial score (nSPS) is 10.8. The van der Waals surface area contributed by atoms with Crippen molar-refractivity contribution in [3.05, 3.63) is 75.3 Å². The van der Waals surface area contributed by atoms with Crippen LogP contribution in [0.5, 0.6) is 0 Å². The number of primary amides is 1. The van der Waals surface area contributed by atoms with Crippen molar-refractivity contribution < 1.29 is 4.79 Å². The molecule has 0 bridgehead atoms. The Morgan fingerprint density at radius 3 is 2.82 bits per heavy atom. The Morgan fingerprint density at radius 1 is 1.23 bits per heavy atom. The van der Waals surface area contributed by atoms with Crippen LogP contribution in [0.3, 0.4) is 0 Å². The summed E-state index contributed by atoms with van der Waals surface area (Å²) in [6.45, 7) is 1.93. The van der Waals surface area contributed by atoms with Crippen LogP contribution in [0, 0.1) is 6.92 Å². The number of hydrogen-bond acceptors (Lipinski definition) is 3. The number of amides is 1. The van der Waals surface area contributed by atoms with Crippen molar-refractivity contribution >= 4 is 16.8 Å². The minimum atomic E-state index is -0.475. The van der Waals surface area contributed by atoms with Gasteiger partial charge in [0.15, 0.2) is 0 Å². The SMILES string of the molecule is Cc1ccc2nc(Cc3cccc(C(N)=O)c3)[nH]c(=O)c2c1. The number of rotatable bonds is 3. The molecule has 0 aliphatic carbocycles. The fraction of sp³-hybridized carbons (Fsp3) is 0.118. The lowest BCUT2D eigenvalue weighted by molar-refractivity contribution is 0.1000. The summed E-state index contributed by atoms with van der Waals surface area (Å²) in [6.07, 6.45) is 0.431. The largest absolute Gasteiger partial charge is 0.366 e. The molecule has 0 fully saturated rings. The van der Waals surface area contributed by atoms with Crippen molar-refractivity contribution in [1.29, 1.82) is 0 Å². The summed E-state index contributed by atoms with van der Waals surface area (Å²) in [5.74, 6) is 0.0836. The molecule has 110 valence electrons. The van der Waals surface area contributed by atoms with Gasteiger partial charge in [0.25, 0.3) is 5.56 Å². The highest BCUT2D eigenvalue weighted by Gasteiger charge is 2.07. The van der Waals surface area contributed by atoms with Gasteiger partial charge in [-0.15, -0.1) is 0 Å². The number of carbonyl (C=O) groups excluding carboxylic acids is 1. The van der Waals surface area contributed by atoms with Crippen LogP contribution in [0.2, 0.25) is 0 Å². The predicted octanol–water partition coefficient (Wildman–Crippen LogP) is 1.92. The predicted molar refractivity (Wildman–Crippen MR) is 84.9 cm³/mol. The van der Waals surface area contributed by atoms with E-state index in [0.29, 0.717) is 28.7 Å². The number of aryl methyl sites for hydroxylation is 1. The second kappa shape index (κ2) is 5.44. The van der Waals surface area contributed by atoms with Crippen LogP contribution in [0.1, 0.15) is 27.3 Å². The Labute approximate surface area is 126 Å². The van der Waals surface area contributed by atoms with Crippen molar-refractivity contribution in [1.82, 2.24) is 9.97 Å². The van der Waals surface area contributed by atoms with Crippen LogP contribution in [0.25, 0.3) is 10.9 Å². The molecule has 5 heteroatoms. The first kappa shape index (κ1) is 14.0. The minimum Gasteiger partial charge on any atom is -0.366 e. The highest BCUT2D eigenvalue weighted by molar-refractivity contribution is 5.92. The maximum atomic E-state index is 12.1. The van der Waals surface area contributed by atoms with E-state index in [1.165, 1.54) is 0 Å². The number of hydrogen-bond donors (Lipinski definition) is 2. The van der Waals surface area contributed by atoms with Crippen molar-refractivity contribution in [2.75, 3.05) is 0 Å². The van der Waals surface area contributed by atoms with Gasteiger partial charge in [-0.1, -0.05) is 23.8 Å². The molecule has 0 spiro atoms. The molecule has 1 aromatic heterocycles. The molecule has 0 aliphatic heterocycles. The molecule has 0 aliphatic rings. The van der Waals surface area contributed by atoms with Crippen LogP contribution in [0.4, 0.5) is 0 Å². The number of aromatic amines is 1. The first-order valence-corrected chi connectivity index (χ1v) is 6.91. The fourth-order valence-electron chi connectivity index (χ4n) is 2.41. The van der Waals surface area contributed by atoms with E-state index in [0.717, 1.165) is 11.1 Å². The van der Waals surface area contributed by atoms with Gasteiger partial charge in [-0.2, -0.15) is 0 Å². The molecule has 22 heavy (non-hydrogen) atoms. The van der Waals surface area contributed by atoms with E-state index in [9.17, 15) is 9.59 Å². The van der Waals surface area contributed by atoms with Gasteiger partial charge in [0.05, 0.1) is 10.9 Å². The summed E-state index contributed by atoms with van der Waals surface area (Å²) in [7, 11) is 0. The molecule has 0 saturated carbocycles. The Kier molecular flexibility index (Phi) is 3.47.